The van der Waals surface area contributed by atoms with Gasteiger partial charge >= 0.3 is 0 Å². The van der Waals surface area contributed by atoms with Crippen LogP contribution in [0.5, 0.6) is 0 Å². The molecule has 0 bridgehead atoms. The summed E-state index contributed by atoms with van der Waals surface area (Å²) in [6, 6.07) is 4.94. The van der Waals surface area contributed by atoms with E-state index in [0.29, 0.717) is 6.54 Å². The summed E-state index contributed by atoms with van der Waals surface area (Å²) in [5.74, 6) is 5.70. The summed E-state index contributed by atoms with van der Waals surface area (Å²) in [4.78, 5) is 0.269. The van der Waals surface area contributed by atoms with E-state index in [0.717, 1.165) is 17.5 Å². The van der Waals surface area contributed by atoms with Crippen molar-refractivity contribution in [3.63, 3.8) is 0 Å². The van der Waals surface area contributed by atoms with Crippen LogP contribution in [-0.4, -0.2) is 21.5 Å². The zero-order chi connectivity index (χ0) is 16.1. The van der Waals surface area contributed by atoms with Crippen molar-refractivity contribution in [2.24, 2.45) is 11.1 Å². The topological polar surface area (TPSA) is 72.2 Å². The van der Waals surface area contributed by atoms with E-state index in [4.69, 9.17) is 5.73 Å². The standard InChI is InChI=1S/C16H24N2O2S/c1-5-16(3,4)12-18-21(19,20)15-9-8-14(7-6-10-17)13(2)11-15/h8-9,11,18H,5,10,12,17H2,1-4H3. The Balaban J connectivity index is 2.97. The van der Waals surface area contributed by atoms with Gasteiger partial charge in [0.05, 0.1) is 11.4 Å². The van der Waals surface area contributed by atoms with Crippen molar-refractivity contribution in [3.8, 4) is 11.8 Å². The SMILES string of the molecule is CCC(C)(C)CNS(=O)(=O)c1ccc(C#CCN)c(C)c1. The molecule has 116 valence electrons. The minimum Gasteiger partial charge on any atom is -0.320 e. The zero-order valence-electron chi connectivity index (χ0n) is 13.2. The first-order valence-corrected chi connectivity index (χ1v) is 8.49. The molecule has 0 heterocycles. The van der Waals surface area contributed by atoms with E-state index in [1.165, 1.54) is 0 Å². The molecule has 0 saturated carbocycles. The Morgan fingerprint density at radius 2 is 2.00 bits per heavy atom. The molecule has 1 rings (SSSR count). The van der Waals surface area contributed by atoms with E-state index in [9.17, 15) is 8.42 Å². The maximum atomic E-state index is 12.3. The molecule has 1 aromatic rings. The molecule has 0 radical (unpaired) electrons. The summed E-state index contributed by atoms with van der Waals surface area (Å²) in [6.07, 6.45) is 0.905. The van der Waals surface area contributed by atoms with Crippen LogP contribution >= 0.6 is 0 Å². The fraction of sp³-hybridized carbons (Fsp3) is 0.500. The van der Waals surface area contributed by atoms with Crippen LogP contribution in [0.15, 0.2) is 23.1 Å². The molecule has 0 fully saturated rings. The molecule has 1 aromatic carbocycles. The van der Waals surface area contributed by atoms with E-state index in [1.807, 2.05) is 27.7 Å². The second-order valence-corrected chi connectivity index (χ2v) is 7.59. The van der Waals surface area contributed by atoms with Gasteiger partial charge in [-0.3, -0.25) is 0 Å². The van der Waals surface area contributed by atoms with Crippen molar-refractivity contribution >= 4 is 10.0 Å². The molecule has 0 aromatic heterocycles. The zero-order valence-corrected chi connectivity index (χ0v) is 14.0. The second-order valence-electron chi connectivity index (χ2n) is 5.82. The highest BCUT2D eigenvalue weighted by Gasteiger charge is 2.21. The van der Waals surface area contributed by atoms with Crippen LogP contribution in [0, 0.1) is 24.2 Å². The first-order chi connectivity index (χ1) is 9.72. The van der Waals surface area contributed by atoms with Gasteiger partial charge in [0, 0.05) is 12.1 Å². The Labute approximate surface area is 128 Å². The predicted molar refractivity (Wildman–Crippen MR) is 86.4 cm³/mol. The Hall–Kier alpha value is -1.35. The van der Waals surface area contributed by atoms with Crippen LogP contribution in [0.25, 0.3) is 0 Å². The van der Waals surface area contributed by atoms with Crippen LogP contribution in [0.2, 0.25) is 0 Å². The quantitative estimate of drug-likeness (QED) is 0.817. The highest BCUT2D eigenvalue weighted by atomic mass is 32.2. The summed E-state index contributed by atoms with van der Waals surface area (Å²) in [5, 5.41) is 0. The van der Waals surface area contributed by atoms with Gasteiger partial charge in [-0.2, -0.15) is 0 Å². The van der Waals surface area contributed by atoms with Gasteiger partial charge in [0.25, 0.3) is 0 Å². The average Bonchev–Trinajstić information content (AvgIpc) is 2.44. The third-order valence-electron chi connectivity index (χ3n) is 3.53. The maximum absolute atomic E-state index is 12.3. The van der Waals surface area contributed by atoms with Gasteiger partial charge in [-0.25, -0.2) is 13.1 Å². The van der Waals surface area contributed by atoms with Gasteiger partial charge < -0.3 is 5.73 Å². The summed E-state index contributed by atoms with van der Waals surface area (Å²) in [5.41, 5.74) is 6.91. The molecule has 0 spiro atoms. The molecule has 0 unspecified atom stereocenters. The average molecular weight is 308 g/mol. The third-order valence-corrected chi connectivity index (χ3v) is 4.93. The largest absolute Gasteiger partial charge is 0.320 e. The Kier molecular flexibility index (Phi) is 5.97. The molecular weight excluding hydrogens is 284 g/mol. The van der Waals surface area contributed by atoms with Gasteiger partial charge in [0.15, 0.2) is 0 Å². The molecule has 5 heteroatoms. The fourth-order valence-electron chi connectivity index (χ4n) is 1.59. The van der Waals surface area contributed by atoms with Gasteiger partial charge in [-0.1, -0.05) is 32.6 Å². The molecule has 0 aliphatic heterocycles. The lowest BCUT2D eigenvalue weighted by Crippen LogP contribution is -2.33. The van der Waals surface area contributed by atoms with Crippen LogP contribution in [0.4, 0.5) is 0 Å². The van der Waals surface area contributed by atoms with E-state index >= 15 is 0 Å². The highest BCUT2D eigenvalue weighted by molar-refractivity contribution is 7.89. The first kappa shape index (κ1) is 17.7. The van der Waals surface area contributed by atoms with E-state index in [-0.39, 0.29) is 16.9 Å². The van der Waals surface area contributed by atoms with Gasteiger partial charge in [-0.15, -0.1) is 0 Å². The normalized spacial score (nSPS) is 11.9. The maximum Gasteiger partial charge on any atom is 0.240 e. The van der Waals surface area contributed by atoms with Crippen LogP contribution in [0.3, 0.4) is 0 Å². The monoisotopic (exact) mass is 308 g/mol. The minimum atomic E-state index is -3.49. The van der Waals surface area contributed by atoms with E-state index in [2.05, 4.69) is 16.6 Å². The van der Waals surface area contributed by atoms with E-state index in [1.54, 1.807) is 18.2 Å². The molecule has 0 aliphatic carbocycles. The van der Waals surface area contributed by atoms with Gasteiger partial charge in [0.1, 0.15) is 0 Å². The van der Waals surface area contributed by atoms with Gasteiger partial charge in [0.2, 0.25) is 10.0 Å². The summed E-state index contributed by atoms with van der Waals surface area (Å²) < 4.78 is 27.3. The highest BCUT2D eigenvalue weighted by Crippen LogP contribution is 2.20. The fourth-order valence-corrected chi connectivity index (χ4v) is 2.92. The Morgan fingerprint density at radius 3 is 2.52 bits per heavy atom. The number of rotatable bonds is 5. The number of aryl methyl sites for hydroxylation is 1. The molecule has 21 heavy (non-hydrogen) atoms. The summed E-state index contributed by atoms with van der Waals surface area (Å²) >= 11 is 0. The number of nitrogens with one attached hydrogen (secondary N) is 1. The second kappa shape index (κ2) is 7.08. The summed E-state index contributed by atoms with van der Waals surface area (Å²) in [7, 11) is -3.49. The van der Waals surface area contributed by atoms with Crippen molar-refractivity contribution < 1.29 is 8.42 Å². The molecule has 0 aliphatic rings. The lowest BCUT2D eigenvalue weighted by Gasteiger charge is -2.22. The predicted octanol–water partition coefficient (Wildman–Crippen LogP) is 2.02. The number of hydrogen-bond donors (Lipinski definition) is 2. The van der Waals surface area contributed by atoms with Crippen LogP contribution in [0.1, 0.15) is 38.3 Å². The molecule has 0 amide bonds. The Morgan fingerprint density at radius 1 is 1.33 bits per heavy atom. The lowest BCUT2D eigenvalue weighted by molar-refractivity contribution is 0.350. The van der Waals surface area contributed by atoms with Crippen LogP contribution < -0.4 is 10.5 Å². The number of benzene rings is 1. The van der Waals surface area contributed by atoms with Crippen LogP contribution in [-0.2, 0) is 10.0 Å². The number of sulfonamides is 1. The smallest absolute Gasteiger partial charge is 0.240 e. The van der Waals surface area contributed by atoms with Crippen molar-refractivity contribution in [2.45, 2.75) is 39.0 Å². The van der Waals surface area contributed by atoms with Crippen molar-refractivity contribution in [3.05, 3.63) is 29.3 Å². The molecular formula is C16H24N2O2S. The van der Waals surface area contributed by atoms with Crippen molar-refractivity contribution in [1.29, 1.82) is 0 Å². The molecule has 0 atom stereocenters. The molecule has 0 saturated heterocycles. The lowest BCUT2D eigenvalue weighted by atomic mass is 9.91. The van der Waals surface area contributed by atoms with Gasteiger partial charge in [-0.05, 0) is 42.5 Å². The van der Waals surface area contributed by atoms with E-state index < -0.39 is 10.0 Å². The summed E-state index contributed by atoms with van der Waals surface area (Å²) in [6.45, 7) is 8.66. The number of hydrogen-bond acceptors (Lipinski definition) is 3. The Bertz CT molecular complexity index is 653. The molecule has 4 nitrogen and oxygen atoms in total. The minimum absolute atomic E-state index is 0.0609. The third kappa shape index (κ3) is 5.16. The van der Waals surface area contributed by atoms with Crippen molar-refractivity contribution in [1.82, 2.24) is 4.72 Å². The van der Waals surface area contributed by atoms with Crippen molar-refractivity contribution in [2.75, 3.05) is 13.1 Å². The first-order valence-electron chi connectivity index (χ1n) is 7.01. The number of nitrogens with two attached hydrogens (primary N) is 1. The molecule has 3 N–H and O–H groups in total.